The molecular weight excluding hydrogens is 428 g/mol. The molecule has 0 N–H and O–H groups in total. The summed E-state index contributed by atoms with van der Waals surface area (Å²) in [5.41, 5.74) is 6.96. The number of nitrogens with zero attached hydrogens (tertiary/aromatic N) is 2. The maximum atomic E-state index is 13.0. The number of benzene rings is 2. The third-order valence-corrected chi connectivity index (χ3v) is 6.95. The van der Waals surface area contributed by atoms with E-state index in [9.17, 15) is 9.59 Å². The normalized spacial score (nSPS) is 15.4. The Hall–Kier alpha value is -2.76. The molecule has 0 unspecified atom stereocenters. The van der Waals surface area contributed by atoms with E-state index in [1.165, 1.54) is 4.90 Å². The predicted molar refractivity (Wildman–Crippen MR) is 128 cm³/mol. The summed E-state index contributed by atoms with van der Waals surface area (Å²) in [4.78, 5) is 27.3. The Kier molecular flexibility index (Phi) is 5.82. The molecule has 158 valence electrons. The van der Waals surface area contributed by atoms with Crippen LogP contribution in [0.2, 0.25) is 5.02 Å². The Morgan fingerprint density at radius 3 is 2.42 bits per heavy atom. The minimum atomic E-state index is -0.249. The lowest BCUT2D eigenvalue weighted by Crippen LogP contribution is -2.27. The van der Waals surface area contributed by atoms with Crippen molar-refractivity contribution in [1.82, 2.24) is 9.47 Å². The largest absolute Gasteiger partial charge is 0.318 e. The average Bonchev–Trinajstić information content (AvgIpc) is 3.15. The van der Waals surface area contributed by atoms with Gasteiger partial charge in [-0.05, 0) is 86.0 Å². The number of aryl methyl sites for hydroxylation is 3. The van der Waals surface area contributed by atoms with Gasteiger partial charge in [0.2, 0.25) is 0 Å². The Balaban J connectivity index is 1.65. The molecule has 2 amide bonds. The highest BCUT2D eigenvalue weighted by Gasteiger charge is 2.35. The molecule has 1 fully saturated rings. The quantitative estimate of drug-likeness (QED) is 0.420. The van der Waals surface area contributed by atoms with Crippen molar-refractivity contribution in [3.05, 3.63) is 92.1 Å². The van der Waals surface area contributed by atoms with Crippen molar-refractivity contribution in [2.24, 2.45) is 0 Å². The fourth-order valence-corrected chi connectivity index (χ4v) is 4.79. The molecule has 2 aromatic carbocycles. The molecule has 0 aliphatic carbocycles. The predicted octanol–water partition coefficient (Wildman–Crippen LogP) is 6.60. The molecule has 6 heteroatoms. The van der Waals surface area contributed by atoms with Gasteiger partial charge in [-0.3, -0.25) is 14.5 Å². The Bertz CT molecular complexity index is 1240. The molecular formula is C25H23ClN2O2S. The third-order valence-electron chi connectivity index (χ3n) is 5.63. The number of hydrogen-bond donors (Lipinski definition) is 0. The van der Waals surface area contributed by atoms with Crippen LogP contribution < -0.4 is 0 Å². The maximum Gasteiger partial charge on any atom is 0.293 e. The number of carbonyl (C=O) groups excluding carboxylic acids is 2. The first-order chi connectivity index (χ1) is 14.8. The summed E-state index contributed by atoms with van der Waals surface area (Å²) < 4.78 is 2.11. The van der Waals surface area contributed by atoms with Crippen molar-refractivity contribution in [3.63, 3.8) is 0 Å². The summed E-state index contributed by atoms with van der Waals surface area (Å²) in [5.74, 6) is -0.249. The van der Waals surface area contributed by atoms with Gasteiger partial charge in [0.15, 0.2) is 0 Å². The molecule has 1 aromatic heterocycles. The van der Waals surface area contributed by atoms with Crippen LogP contribution >= 0.6 is 23.4 Å². The number of halogens is 1. The highest BCUT2D eigenvalue weighted by atomic mass is 35.5. The van der Waals surface area contributed by atoms with Crippen molar-refractivity contribution in [1.29, 1.82) is 0 Å². The van der Waals surface area contributed by atoms with E-state index in [-0.39, 0.29) is 17.7 Å². The second-order valence-corrected chi connectivity index (χ2v) is 9.19. The van der Waals surface area contributed by atoms with E-state index in [0.29, 0.717) is 9.93 Å². The molecule has 1 saturated heterocycles. The SMILES string of the molecule is Cc1ccc(-n2c(C)cc(/C=C3\SC(=O)N(Cc4ccccc4C)C3=O)c2C)cc1Cl. The van der Waals surface area contributed by atoms with Gasteiger partial charge < -0.3 is 4.57 Å². The molecule has 31 heavy (non-hydrogen) atoms. The van der Waals surface area contributed by atoms with Gasteiger partial charge in [-0.15, -0.1) is 0 Å². The minimum absolute atomic E-state index is 0.237. The van der Waals surface area contributed by atoms with Gasteiger partial charge in [0, 0.05) is 22.1 Å². The molecule has 0 radical (unpaired) electrons. The zero-order valence-electron chi connectivity index (χ0n) is 17.9. The van der Waals surface area contributed by atoms with Crippen LogP contribution in [0.4, 0.5) is 4.79 Å². The van der Waals surface area contributed by atoms with Crippen LogP contribution in [0, 0.1) is 27.7 Å². The third kappa shape index (κ3) is 4.08. The van der Waals surface area contributed by atoms with Crippen molar-refractivity contribution in [3.8, 4) is 5.69 Å². The van der Waals surface area contributed by atoms with Crippen molar-refractivity contribution in [2.75, 3.05) is 0 Å². The first-order valence-electron chi connectivity index (χ1n) is 10.0. The van der Waals surface area contributed by atoms with E-state index < -0.39 is 0 Å². The van der Waals surface area contributed by atoms with Gasteiger partial charge in [-0.1, -0.05) is 41.9 Å². The van der Waals surface area contributed by atoms with Gasteiger partial charge in [-0.2, -0.15) is 0 Å². The lowest BCUT2D eigenvalue weighted by atomic mass is 10.1. The smallest absolute Gasteiger partial charge is 0.293 e. The first-order valence-corrected chi connectivity index (χ1v) is 11.2. The topological polar surface area (TPSA) is 42.3 Å². The molecule has 1 aliphatic heterocycles. The summed E-state index contributed by atoms with van der Waals surface area (Å²) in [6.45, 7) is 8.26. The van der Waals surface area contributed by atoms with Crippen LogP contribution in [0.5, 0.6) is 0 Å². The lowest BCUT2D eigenvalue weighted by molar-refractivity contribution is -0.123. The number of aromatic nitrogens is 1. The van der Waals surface area contributed by atoms with E-state index in [1.54, 1.807) is 0 Å². The van der Waals surface area contributed by atoms with Crippen LogP contribution in [0.15, 0.2) is 53.4 Å². The van der Waals surface area contributed by atoms with Gasteiger partial charge in [-0.25, -0.2) is 0 Å². The fraction of sp³-hybridized carbons (Fsp3) is 0.200. The number of amides is 2. The monoisotopic (exact) mass is 450 g/mol. The summed E-state index contributed by atoms with van der Waals surface area (Å²) in [6, 6.07) is 15.8. The second kappa shape index (κ2) is 8.40. The molecule has 0 atom stereocenters. The van der Waals surface area contributed by atoms with Crippen LogP contribution in [0.3, 0.4) is 0 Å². The van der Waals surface area contributed by atoms with E-state index in [2.05, 4.69) is 4.57 Å². The highest BCUT2D eigenvalue weighted by Crippen LogP contribution is 2.35. The Labute approximate surface area is 191 Å². The van der Waals surface area contributed by atoms with Gasteiger partial charge in [0.05, 0.1) is 11.4 Å². The van der Waals surface area contributed by atoms with Gasteiger partial charge in [0.1, 0.15) is 0 Å². The zero-order valence-corrected chi connectivity index (χ0v) is 19.5. The van der Waals surface area contributed by atoms with E-state index in [1.807, 2.05) is 82.3 Å². The number of imide groups is 1. The van der Waals surface area contributed by atoms with Gasteiger partial charge >= 0.3 is 0 Å². The number of thioether (sulfide) groups is 1. The number of hydrogen-bond acceptors (Lipinski definition) is 3. The molecule has 0 saturated carbocycles. The molecule has 1 aliphatic rings. The first kappa shape index (κ1) is 21.5. The summed E-state index contributed by atoms with van der Waals surface area (Å²) in [6.07, 6.45) is 1.82. The summed E-state index contributed by atoms with van der Waals surface area (Å²) in [5, 5.41) is 0.475. The molecule has 3 aromatic rings. The maximum absolute atomic E-state index is 13.0. The van der Waals surface area contributed by atoms with Crippen molar-refractivity contribution < 1.29 is 9.59 Å². The second-order valence-electron chi connectivity index (χ2n) is 7.79. The van der Waals surface area contributed by atoms with Crippen molar-refractivity contribution >= 4 is 40.6 Å². The fourth-order valence-electron chi connectivity index (χ4n) is 3.79. The van der Waals surface area contributed by atoms with Crippen LogP contribution in [0.25, 0.3) is 11.8 Å². The summed E-state index contributed by atoms with van der Waals surface area (Å²) >= 11 is 7.32. The highest BCUT2D eigenvalue weighted by molar-refractivity contribution is 8.18. The van der Waals surface area contributed by atoms with Crippen molar-refractivity contribution in [2.45, 2.75) is 34.2 Å². The Morgan fingerprint density at radius 2 is 1.71 bits per heavy atom. The molecule has 2 heterocycles. The van der Waals surface area contributed by atoms with Crippen LogP contribution in [0.1, 0.15) is 33.6 Å². The Morgan fingerprint density at radius 1 is 0.968 bits per heavy atom. The molecule has 0 bridgehead atoms. The average molecular weight is 451 g/mol. The van der Waals surface area contributed by atoms with E-state index in [4.69, 9.17) is 11.6 Å². The van der Waals surface area contributed by atoms with Crippen LogP contribution in [-0.4, -0.2) is 20.6 Å². The van der Waals surface area contributed by atoms with E-state index >= 15 is 0 Å². The standard InChI is InChI=1S/C25H23ClN2O2S/c1-15-7-5-6-8-19(15)14-27-24(29)23(31-25(27)30)12-20-11-17(3)28(18(20)4)21-10-9-16(2)22(26)13-21/h5-13H,14H2,1-4H3/b23-12-. The molecule has 0 spiro atoms. The zero-order chi connectivity index (χ0) is 22.3. The van der Waals surface area contributed by atoms with Gasteiger partial charge in [0.25, 0.3) is 11.1 Å². The molecule has 4 rings (SSSR count). The number of carbonyl (C=O) groups is 2. The molecule has 4 nitrogen and oxygen atoms in total. The van der Waals surface area contributed by atoms with Crippen LogP contribution in [-0.2, 0) is 11.3 Å². The number of rotatable bonds is 4. The summed E-state index contributed by atoms with van der Waals surface area (Å²) in [7, 11) is 0. The van der Waals surface area contributed by atoms with E-state index in [0.717, 1.165) is 51.1 Å². The lowest BCUT2D eigenvalue weighted by Gasteiger charge is -2.14. The minimum Gasteiger partial charge on any atom is -0.318 e.